The molecule has 4 aromatic carbocycles. The zero-order valence-corrected chi connectivity index (χ0v) is 23.1. The van der Waals surface area contributed by atoms with Gasteiger partial charge in [-0.1, -0.05) is 60.1 Å². The lowest BCUT2D eigenvalue weighted by atomic mass is 9.93. The summed E-state index contributed by atoms with van der Waals surface area (Å²) in [4.78, 5) is 0. The first-order valence-corrected chi connectivity index (χ1v) is 13.2. The van der Waals surface area contributed by atoms with Crippen LogP contribution in [0.15, 0.2) is 91.0 Å². The Balaban J connectivity index is 1.64. The first-order valence-electron chi connectivity index (χ1n) is 12.4. The van der Waals surface area contributed by atoms with Crippen molar-refractivity contribution in [2.45, 2.75) is 37.8 Å². The molecule has 0 spiro atoms. The number of halogens is 5. The van der Waals surface area contributed by atoms with E-state index in [0.717, 1.165) is 5.56 Å². The second kappa shape index (κ2) is 13.0. The minimum atomic E-state index is -4.28. The fraction of sp³-hybridized carbons (Fsp3) is 0.226. The monoisotopic (exact) mass is 590 g/mol. The number of phenols is 1. The number of hydrogen-bond donors (Lipinski definition) is 1. The molecule has 0 fully saturated rings. The second-order valence-electron chi connectivity index (χ2n) is 9.12. The number of alkyl halides is 4. The SMILES string of the molecule is Cc1ccc(Oc2ccc(O)cc2)c(CCOCc2ccccc2)c1C(F)(F)C(F)(Cl)OCc1ccc(Cl)cc1. The second-order valence-corrected chi connectivity index (χ2v) is 10.0. The Kier molecular flexibility index (Phi) is 9.64. The van der Waals surface area contributed by atoms with Crippen LogP contribution in [0.2, 0.25) is 5.02 Å². The molecular weight excluding hydrogens is 564 g/mol. The molecular formula is C31H27Cl2F3O4. The fourth-order valence-electron chi connectivity index (χ4n) is 4.10. The van der Waals surface area contributed by atoms with Gasteiger partial charge >= 0.3 is 11.2 Å². The van der Waals surface area contributed by atoms with Gasteiger partial charge in [-0.05, 0) is 84.1 Å². The van der Waals surface area contributed by atoms with Crippen LogP contribution in [0.3, 0.4) is 0 Å². The molecule has 0 saturated carbocycles. The minimum Gasteiger partial charge on any atom is -0.508 e. The molecule has 1 atom stereocenters. The van der Waals surface area contributed by atoms with Crippen LogP contribution in [0.4, 0.5) is 13.2 Å². The van der Waals surface area contributed by atoms with E-state index >= 15 is 13.2 Å². The molecule has 0 heterocycles. The highest BCUT2D eigenvalue weighted by Gasteiger charge is 2.58. The summed E-state index contributed by atoms with van der Waals surface area (Å²) < 4.78 is 64.1. The Morgan fingerprint density at radius 1 is 0.800 bits per heavy atom. The molecule has 1 unspecified atom stereocenters. The summed E-state index contributed by atoms with van der Waals surface area (Å²) in [5, 5.41) is 6.15. The third-order valence-electron chi connectivity index (χ3n) is 6.16. The number of benzene rings is 4. The van der Waals surface area contributed by atoms with Gasteiger partial charge in [-0.25, -0.2) is 0 Å². The van der Waals surface area contributed by atoms with Gasteiger partial charge in [0.1, 0.15) is 17.2 Å². The van der Waals surface area contributed by atoms with Crippen LogP contribution in [0, 0.1) is 6.92 Å². The maximum absolute atomic E-state index is 16.0. The first-order chi connectivity index (χ1) is 19.1. The van der Waals surface area contributed by atoms with Crippen molar-refractivity contribution in [2.75, 3.05) is 6.61 Å². The van der Waals surface area contributed by atoms with E-state index in [1.165, 1.54) is 67.6 Å². The maximum atomic E-state index is 16.0. The third kappa shape index (κ3) is 7.29. The smallest absolute Gasteiger partial charge is 0.355 e. The topological polar surface area (TPSA) is 47.9 Å². The summed E-state index contributed by atoms with van der Waals surface area (Å²) in [5.74, 6) is -3.91. The lowest BCUT2D eigenvalue weighted by Crippen LogP contribution is -2.41. The number of hydrogen-bond acceptors (Lipinski definition) is 4. The molecule has 40 heavy (non-hydrogen) atoms. The highest BCUT2D eigenvalue weighted by Crippen LogP contribution is 2.50. The fourth-order valence-corrected chi connectivity index (χ4v) is 4.37. The molecule has 210 valence electrons. The van der Waals surface area contributed by atoms with Gasteiger partial charge in [0.2, 0.25) is 0 Å². The summed E-state index contributed by atoms with van der Waals surface area (Å²) in [6, 6.07) is 24.2. The lowest BCUT2D eigenvalue weighted by Gasteiger charge is -2.31. The van der Waals surface area contributed by atoms with Crippen LogP contribution < -0.4 is 4.74 Å². The largest absolute Gasteiger partial charge is 0.508 e. The van der Waals surface area contributed by atoms with Crippen LogP contribution in [0.5, 0.6) is 17.2 Å². The van der Waals surface area contributed by atoms with Crippen LogP contribution >= 0.6 is 23.2 Å². The van der Waals surface area contributed by atoms with Crippen molar-refractivity contribution >= 4 is 23.2 Å². The number of rotatable bonds is 12. The lowest BCUT2D eigenvalue weighted by molar-refractivity contribution is -0.239. The summed E-state index contributed by atoms with van der Waals surface area (Å²) in [6.07, 6.45) is -0.0307. The van der Waals surface area contributed by atoms with E-state index in [9.17, 15) is 5.11 Å². The quantitative estimate of drug-likeness (QED) is 0.132. The van der Waals surface area contributed by atoms with Gasteiger partial charge in [-0.15, -0.1) is 0 Å². The minimum absolute atomic E-state index is 0.0141. The third-order valence-corrected chi connectivity index (χ3v) is 6.76. The van der Waals surface area contributed by atoms with E-state index in [-0.39, 0.29) is 42.3 Å². The Morgan fingerprint density at radius 3 is 2.12 bits per heavy atom. The molecule has 9 heteroatoms. The van der Waals surface area contributed by atoms with Crippen LogP contribution in [0.25, 0.3) is 0 Å². The van der Waals surface area contributed by atoms with Gasteiger partial charge in [0, 0.05) is 16.1 Å². The Bertz CT molecular complexity index is 1400. The van der Waals surface area contributed by atoms with Crippen molar-refractivity contribution in [3.05, 3.63) is 124 Å². The normalized spacial score (nSPS) is 13.2. The first kappa shape index (κ1) is 29.7. The van der Waals surface area contributed by atoms with E-state index in [0.29, 0.717) is 16.3 Å². The van der Waals surface area contributed by atoms with Gasteiger partial charge in [-0.3, -0.25) is 0 Å². The highest BCUT2D eigenvalue weighted by atomic mass is 35.5. The van der Waals surface area contributed by atoms with Crippen LogP contribution in [-0.2, 0) is 35.0 Å². The molecule has 4 nitrogen and oxygen atoms in total. The number of ether oxygens (including phenoxy) is 3. The average Bonchev–Trinajstić information content (AvgIpc) is 2.93. The summed E-state index contributed by atoms with van der Waals surface area (Å²) in [6.45, 7) is 1.24. The zero-order chi connectivity index (χ0) is 28.8. The summed E-state index contributed by atoms with van der Waals surface area (Å²) in [5.41, 5.74) is 0.791. The van der Waals surface area contributed by atoms with E-state index in [2.05, 4.69) is 0 Å². The number of aryl methyl sites for hydroxylation is 1. The average molecular weight is 591 g/mol. The van der Waals surface area contributed by atoms with E-state index in [1.807, 2.05) is 30.3 Å². The molecule has 0 radical (unpaired) electrons. The van der Waals surface area contributed by atoms with E-state index < -0.39 is 23.4 Å². The molecule has 1 N–H and O–H groups in total. The van der Waals surface area contributed by atoms with Gasteiger partial charge in [-0.2, -0.15) is 13.2 Å². The Labute approximate surface area is 240 Å². The Hall–Kier alpha value is -3.23. The molecule has 0 aliphatic carbocycles. The van der Waals surface area contributed by atoms with Crippen molar-refractivity contribution < 1.29 is 32.5 Å². The molecule has 4 aromatic rings. The zero-order valence-electron chi connectivity index (χ0n) is 21.6. The van der Waals surface area contributed by atoms with Gasteiger partial charge in [0.15, 0.2) is 0 Å². The van der Waals surface area contributed by atoms with Crippen molar-refractivity contribution in [1.82, 2.24) is 0 Å². The number of phenolic OH excluding ortho intramolecular Hbond substituents is 1. The molecule has 0 bridgehead atoms. The predicted octanol–water partition coefficient (Wildman–Crippen LogP) is 9.08. The van der Waals surface area contributed by atoms with Crippen molar-refractivity contribution in [2.24, 2.45) is 0 Å². The van der Waals surface area contributed by atoms with Gasteiger partial charge in [0.05, 0.1) is 19.8 Å². The molecule has 0 aromatic heterocycles. The van der Waals surface area contributed by atoms with E-state index in [1.54, 1.807) is 0 Å². The predicted molar refractivity (Wildman–Crippen MR) is 149 cm³/mol. The van der Waals surface area contributed by atoms with Gasteiger partial charge < -0.3 is 19.3 Å². The number of aromatic hydroxyl groups is 1. The summed E-state index contributed by atoms with van der Waals surface area (Å²) >= 11 is 11.7. The van der Waals surface area contributed by atoms with Gasteiger partial charge in [0.25, 0.3) is 0 Å². The Morgan fingerprint density at radius 2 is 1.45 bits per heavy atom. The molecule has 0 aliphatic heterocycles. The van der Waals surface area contributed by atoms with Crippen LogP contribution in [0.1, 0.15) is 27.8 Å². The van der Waals surface area contributed by atoms with Crippen molar-refractivity contribution in [3.63, 3.8) is 0 Å². The standard InChI is InChI=1S/C31H27Cl2F3O4/c1-21-7-16-28(40-26-14-12-25(37)13-15-26)27(17-18-38-19-22-5-3-2-4-6-22)29(21)30(34,35)31(33,36)39-20-23-8-10-24(32)11-9-23/h2-16,37H,17-20H2,1H3. The maximum Gasteiger partial charge on any atom is 0.355 e. The van der Waals surface area contributed by atoms with E-state index in [4.69, 9.17) is 37.4 Å². The highest BCUT2D eigenvalue weighted by molar-refractivity contribution is 6.30. The molecule has 4 rings (SSSR count). The summed E-state index contributed by atoms with van der Waals surface area (Å²) in [7, 11) is 0. The molecule has 0 saturated heterocycles. The van der Waals surface area contributed by atoms with Crippen LogP contribution in [-0.4, -0.2) is 17.0 Å². The molecule has 0 aliphatic rings. The van der Waals surface area contributed by atoms with Crippen molar-refractivity contribution in [3.8, 4) is 17.2 Å². The molecule has 0 amide bonds. The van der Waals surface area contributed by atoms with Crippen molar-refractivity contribution in [1.29, 1.82) is 0 Å².